The number of rotatable bonds is 6. The normalized spacial score (nSPS) is 11.1. The summed E-state index contributed by atoms with van der Waals surface area (Å²) in [4.78, 5) is 22.7. The Morgan fingerprint density at radius 2 is 1.93 bits per heavy atom. The molecule has 30 heavy (non-hydrogen) atoms. The number of halogens is 1. The number of aryl methyl sites for hydroxylation is 2. The second kappa shape index (κ2) is 8.92. The van der Waals surface area contributed by atoms with E-state index in [4.69, 9.17) is 11.6 Å². The Hall–Kier alpha value is -3.45. The van der Waals surface area contributed by atoms with E-state index in [9.17, 15) is 14.9 Å². The molecule has 0 radical (unpaired) electrons. The van der Waals surface area contributed by atoms with Gasteiger partial charge >= 0.3 is 0 Å². The molecule has 1 aromatic heterocycles. The van der Waals surface area contributed by atoms with Crippen LogP contribution in [0, 0.1) is 30.9 Å². The van der Waals surface area contributed by atoms with Crippen LogP contribution in [0.2, 0.25) is 5.02 Å². The highest BCUT2D eigenvalue weighted by Crippen LogP contribution is 2.25. The monoisotopic (exact) mass is 424 g/mol. The number of nitro groups is 1. The molecule has 1 amide bonds. The van der Waals surface area contributed by atoms with Crippen LogP contribution in [0.4, 0.5) is 5.69 Å². The first-order chi connectivity index (χ1) is 14.3. The summed E-state index contributed by atoms with van der Waals surface area (Å²) in [7, 11) is 0. The molecule has 0 fully saturated rings. The van der Waals surface area contributed by atoms with Crippen molar-refractivity contribution in [2.75, 3.05) is 0 Å². The largest absolute Gasteiger partial charge is 0.318 e. The lowest BCUT2D eigenvalue weighted by molar-refractivity contribution is -0.385. The van der Waals surface area contributed by atoms with Crippen LogP contribution in [0.5, 0.6) is 0 Å². The smallest absolute Gasteiger partial charge is 0.273 e. The van der Waals surface area contributed by atoms with Crippen LogP contribution in [0.1, 0.15) is 28.1 Å². The zero-order valence-corrected chi connectivity index (χ0v) is 17.6. The average Bonchev–Trinajstić information content (AvgIpc) is 2.97. The molecule has 0 saturated heterocycles. The number of carbonyl (C=O) groups is 1. The number of amides is 1. The van der Waals surface area contributed by atoms with Gasteiger partial charge in [0.15, 0.2) is 0 Å². The minimum atomic E-state index is -0.501. The summed E-state index contributed by atoms with van der Waals surface area (Å²) in [5.41, 5.74) is 7.56. The van der Waals surface area contributed by atoms with Crippen molar-refractivity contribution in [2.45, 2.75) is 27.2 Å². The predicted octanol–water partition coefficient (Wildman–Crippen LogP) is 4.66. The molecule has 0 aliphatic heterocycles. The van der Waals surface area contributed by atoms with E-state index in [1.807, 2.05) is 45.0 Å². The van der Waals surface area contributed by atoms with Crippen molar-refractivity contribution in [1.82, 2.24) is 9.99 Å². The number of benzene rings is 2. The van der Waals surface area contributed by atoms with Gasteiger partial charge in [-0.3, -0.25) is 14.9 Å². The summed E-state index contributed by atoms with van der Waals surface area (Å²) in [6.45, 7) is 5.96. The third-order valence-corrected chi connectivity index (χ3v) is 5.05. The third-order valence-electron chi connectivity index (χ3n) is 4.81. The van der Waals surface area contributed by atoms with Gasteiger partial charge in [-0.1, -0.05) is 35.9 Å². The van der Waals surface area contributed by atoms with Crippen LogP contribution in [-0.4, -0.2) is 21.6 Å². The van der Waals surface area contributed by atoms with E-state index in [-0.39, 0.29) is 12.1 Å². The number of carbonyl (C=O) groups excluding carboxylic acids is 1. The molecule has 0 spiro atoms. The van der Waals surface area contributed by atoms with Gasteiger partial charge in [0.05, 0.1) is 17.6 Å². The maximum Gasteiger partial charge on any atom is 0.273 e. The van der Waals surface area contributed by atoms with E-state index in [1.165, 1.54) is 6.07 Å². The Labute approximate surface area is 179 Å². The van der Waals surface area contributed by atoms with Crippen molar-refractivity contribution in [3.05, 3.63) is 91.7 Å². The predicted molar refractivity (Wildman–Crippen MR) is 118 cm³/mol. The third kappa shape index (κ3) is 4.58. The molecule has 0 aliphatic carbocycles. The summed E-state index contributed by atoms with van der Waals surface area (Å²) in [5, 5.41) is 15.8. The van der Waals surface area contributed by atoms with Crippen molar-refractivity contribution in [3.63, 3.8) is 0 Å². The lowest BCUT2D eigenvalue weighted by atomic mass is 10.1. The highest BCUT2D eigenvalue weighted by molar-refractivity contribution is 6.30. The Bertz CT molecular complexity index is 1150. The molecule has 1 N–H and O–H groups in total. The summed E-state index contributed by atoms with van der Waals surface area (Å²) >= 11 is 6.16. The standard InChI is InChI=1S/C22H21ClN4O3/c1-14-8-9-19(23)12-21(14)26-15(2)10-18(16(26)3)13-24-25-22(28)11-17-6-4-5-7-20(17)27(29)30/h4-10,12-13H,11H2,1-3H3,(H,25,28)/b24-13+. The average molecular weight is 425 g/mol. The van der Waals surface area contributed by atoms with Crippen LogP contribution in [-0.2, 0) is 11.2 Å². The molecule has 8 heteroatoms. The number of nitrogens with zero attached hydrogens (tertiary/aromatic N) is 3. The Morgan fingerprint density at radius 1 is 1.20 bits per heavy atom. The second-order valence-electron chi connectivity index (χ2n) is 6.95. The van der Waals surface area contributed by atoms with Crippen LogP contribution in [0.3, 0.4) is 0 Å². The van der Waals surface area contributed by atoms with Crippen molar-refractivity contribution in [2.24, 2.45) is 5.10 Å². The molecule has 154 valence electrons. The SMILES string of the molecule is Cc1ccc(Cl)cc1-n1c(C)cc(/C=N/NC(=O)Cc2ccccc2[N+](=O)[O-])c1C. The Morgan fingerprint density at radius 3 is 2.67 bits per heavy atom. The van der Waals surface area contributed by atoms with Gasteiger partial charge in [-0.15, -0.1) is 0 Å². The number of hydrogen-bond acceptors (Lipinski definition) is 4. The molecule has 0 atom stereocenters. The number of hydrazone groups is 1. The molecule has 7 nitrogen and oxygen atoms in total. The minimum Gasteiger partial charge on any atom is -0.318 e. The molecule has 0 bridgehead atoms. The number of aromatic nitrogens is 1. The van der Waals surface area contributed by atoms with Gasteiger partial charge in [-0.2, -0.15) is 5.10 Å². The van der Waals surface area contributed by atoms with Crippen molar-refractivity contribution >= 4 is 29.4 Å². The van der Waals surface area contributed by atoms with Gasteiger partial charge < -0.3 is 4.57 Å². The van der Waals surface area contributed by atoms with Crippen molar-refractivity contribution < 1.29 is 9.72 Å². The fourth-order valence-corrected chi connectivity index (χ4v) is 3.50. The van der Waals surface area contributed by atoms with Gasteiger partial charge in [0, 0.05) is 39.3 Å². The molecule has 3 rings (SSSR count). The van der Waals surface area contributed by atoms with E-state index in [2.05, 4.69) is 15.1 Å². The highest BCUT2D eigenvalue weighted by atomic mass is 35.5. The Kier molecular flexibility index (Phi) is 6.32. The molecule has 0 saturated carbocycles. The maximum atomic E-state index is 12.2. The fraction of sp³-hybridized carbons (Fsp3) is 0.182. The van der Waals surface area contributed by atoms with E-state index >= 15 is 0 Å². The quantitative estimate of drug-likeness (QED) is 0.354. The second-order valence-corrected chi connectivity index (χ2v) is 7.38. The number of para-hydroxylation sites is 1. The summed E-state index contributed by atoms with van der Waals surface area (Å²) < 4.78 is 2.08. The van der Waals surface area contributed by atoms with E-state index in [1.54, 1.807) is 24.4 Å². The molecule has 2 aromatic carbocycles. The van der Waals surface area contributed by atoms with Gasteiger partial charge in [-0.25, -0.2) is 5.43 Å². The van der Waals surface area contributed by atoms with Gasteiger partial charge in [0.25, 0.3) is 5.69 Å². The molecule has 1 heterocycles. The van der Waals surface area contributed by atoms with E-state index in [0.29, 0.717) is 10.6 Å². The van der Waals surface area contributed by atoms with Crippen molar-refractivity contribution in [3.8, 4) is 5.69 Å². The van der Waals surface area contributed by atoms with Gasteiger partial charge in [0.2, 0.25) is 5.91 Å². The minimum absolute atomic E-state index is 0.0860. The molecular weight excluding hydrogens is 404 g/mol. The molecular formula is C22H21ClN4O3. The van der Waals surface area contributed by atoms with Gasteiger partial charge in [-0.05, 0) is 44.5 Å². The first-order valence-electron chi connectivity index (χ1n) is 9.27. The lowest BCUT2D eigenvalue weighted by Crippen LogP contribution is -2.20. The zero-order valence-electron chi connectivity index (χ0n) is 16.8. The summed E-state index contributed by atoms with van der Waals surface area (Å²) in [6, 6.07) is 13.8. The highest BCUT2D eigenvalue weighted by Gasteiger charge is 2.15. The van der Waals surface area contributed by atoms with E-state index < -0.39 is 10.8 Å². The number of hydrogen-bond donors (Lipinski definition) is 1. The van der Waals surface area contributed by atoms with Crippen LogP contribution in [0.15, 0.2) is 53.6 Å². The van der Waals surface area contributed by atoms with Gasteiger partial charge in [0.1, 0.15) is 0 Å². The Balaban J connectivity index is 1.75. The first kappa shape index (κ1) is 21.3. The topological polar surface area (TPSA) is 89.5 Å². The number of nitrogens with one attached hydrogen (secondary N) is 1. The number of nitro benzene ring substituents is 1. The van der Waals surface area contributed by atoms with Crippen molar-refractivity contribution in [1.29, 1.82) is 0 Å². The summed E-state index contributed by atoms with van der Waals surface area (Å²) in [5.74, 6) is -0.431. The fourth-order valence-electron chi connectivity index (χ4n) is 3.34. The lowest BCUT2D eigenvalue weighted by Gasteiger charge is -2.13. The van der Waals surface area contributed by atoms with Crippen LogP contribution in [0.25, 0.3) is 5.69 Å². The zero-order chi connectivity index (χ0) is 21.8. The molecule has 0 aliphatic rings. The van der Waals surface area contributed by atoms with Crippen LogP contribution >= 0.6 is 11.6 Å². The first-order valence-corrected chi connectivity index (χ1v) is 9.65. The summed E-state index contributed by atoms with van der Waals surface area (Å²) in [6.07, 6.45) is 1.44. The molecule has 3 aromatic rings. The van der Waals surface area contributed by atoms with Crippen LogP contribution < -0.4 is 5.43 Å². The van der Waals surface area contributed by atoms with E-state index in [0.717, 1.165) is 28.2 Å². The maximum absolute atomic E-state index is 12.2. The molecule has 0 unspecified atom stereocenters.